The molecule has 0 saturated carbocycles. The molecule has 0 unspecified atom stereocenters. The zero-order valence-corrected chi connectivity index (χ0v) is 13.1. The fourth-order valence-electron chi connectivity index (χ4n) is 1.85. The average molecular weight is 336 g/mol. The lowest BCUT2D eigenvalue weighted by atomic mass is 9.96. The molecule has 7 nitrogen and oxygen atoms in total. The van der Waals surface area contributed by atoms with E-state index in [9.17, 15) is 23.7 Å². The fraction of sp³-hybridized carbons (Fsp3) is 0.267. The molecule has 0 radical (unpaired) electrons. The van der Waals surface area contributed by atoms with E-state index in [-0.39, 0.29) is 11.1 Å². The molecule has 2 aromatic rings. The summed E-state index contributed by atoms with van der Waals surface area (Å²) in [4.78, 5) is 30.3. The number of rotatable bonds is 3. The van der Waals surface area contributed by atoms with Crippen LogP contribution in [0.4, 0.5) is 20.2 Å². The number of benzene rings is 1. The third-order valence-corrected chi connectivity index (χ3v) is 3.06. The predicted molar refractivity (Wildman–Crippen MR) is 81.7 cm³/mol. The first-order chi connectivity index (χ1) is 11.1. The molecule has 0 aliphatic heterocycles. The van der Waals surface area contributed by atoms with Crippen molar-refractivity contribution in [3.05, 3.63) is 57.7 Å². The summed E-state index contributed by atoms with van der Waals surface area (Å²) in [7, 11) is 0. The van der Waals surface area contributed by atoms with Gasteiger partial charge in [-0.05, 0) is 6.07 Å². The van der Waals surface area contributed by atoms with Gasteiger partial charge in [0.2, 0.25) is 0 Å². The van der Waals surface area contributed by atoms with E-state index in [0.717, 1.165) is 0 Å². The van der Waals surface area contributed by atoms with E-state index >= 15 is 0 Å². The number of halogens is 2. The summed E-state index contributed by atoms with van der Waals surface area (Å²) in [6.07, 6.45) is 2.66. The third-order valence-electron chi connectivity index (χ3n) is 3.06. The Morgan fingerprint density at radius 3 is 2.21 bits per heavy atom. The van der Waals surface area contributed by atoms with Gasteiger partial charge in [-0.25, -0.2) is 18.7 Å². The van der Waals surface area contributed by atoms with Crippen LogP contribution in [0.1, 0.15) is 37.0 Å². The first kappa shape index (κ1) is 17.4. The van der Waals surface area contributed by atoms with Crippen LogP contribution in [0.25, 0.3) is 0 Å². The normalized spacial score (nSPS) is 11.2. The summed E-state index contributed by atoms with van der Waals surface area (Å²) >= 11 is 0. The zero-order chi connectivity index (χ0) is 18.1. The molecule has 9 heteroatoms. The number of aromatic nitrogens is 2. The van der Waals surface area contributed by atoms with Crippen molar-refractivity contribution in [3.8, 4) is 0 Å². The van der Waals surface area contributed by atoms with Crippen molar-refractivity contribution in [2.75, 3.05) is 5.32 Å². The fourth-order valence-corrected chi connectivity index (χ4v) is 1.85. The van der Waals surface area contributed by atoms with E-state index in [2.05, 4.69) is 15.3 Å². The monoisotopic (exact) mass is 336 g/mol. The van der Waals surface area contributed by atoms with Gasteiger partial charge in [-0.1, -0.05) is 20.8 Å². The lowest BCUT2D eigenvalue weighted by Gasteiger charge is -2.16. The second-order valence-electron chi connectivity index (χ2n) is 6.04. The van der Waals surface area contributed by atoms with Crippen LogP contribution in [-0.2, 0) is 5.41 Å². The second kappa shape index (κ2) is 6.26. The van der Waals surface area contributed by atoms with Crippen molar-refractivity contribution >= 4 is 17.3 Å². The quantitative estimate of drug-likeness (QED) is 0.685. The highest BCUT2D eigenvalue weighted by Gasteiger charge is 2.24. The number of nitro benzene ring substituents is 1. The van der Waals surface area contributed by atoms with Gasteiger partial charge < -0.3 is 5.32 Å². The molecule has 1 aromatic carbocycles. The maximum atomic E-state index is 13.3. The molecule has 0 spiro atoms. The molecule has 0 saturated heterocycles. The Labute approximate surface area is 135 Å². The Morgan fingerprint density at radius 1 is 1.17 bits per heavy atom. The van der Waals surface area contributed by atoms with E-state index in [4.69, 9.17) is 0 Å². The van der Waals surface area contributed by atoms with E-state index in [1.54, 1.807) is 0 Å². The SMILES string of the molecule is CC(C)(C)c1ncc(NC(=O)c2cc(F)c(F)cc2[N+](=O)[O-])cn1. The minimum Gasteiger partial charge on any atom is -0.319 e. The van der Waals surface area contributed by atoms with Gasteiger partial charge in [-0.15, -0.1) is 0 Å². The van der Waals surface area contributed by atoms with Crippen molar-refractivity contribution < 1.29 is 18.5 Å². The highest BCUT2D eigenvalue weighted by Crippen LogP contribution is 2.24. The highest BCUT2D eigenvalue weighted by atomic mass is 19.2. The minimum absolute atomic E-state index is 0.173. The standard InChI is InChI=1S/C15H14F2N4O3/c1-15(2,3)14-18-6-8(7-19-14)20-13(22)9-4-10(16)11(17)5-12(9)21(23)24/h4-7H,1-3H3,(H,20,22). The summed E-state index contributed by atoms with van der Waals surface area (Å²) in [5, 5.41) is 13.2. The number of amides is 1. The van der Waals surface area contributed by atoms with Gasteiger partial charge in [-0.3, -0.25) is 14.9 Å². The topological polar surface area (TPSA) is 98.0 Å². The number of nitrogens with zero attached hydrogens (tertiary/aromatic N) is 3. The Balaban J connectivity index is 2.30. The molecule has 0 bridgehead atoms. The van der Waals surface area contributed by atoms with Crippen LogP contribution in [-0.4, -0.2) is 20.8 Å². The number of nitrogens with one attached hydrogen (secondary N) is 1. The minimum atomic E-state index is -1.41. The van der Waals surface area contributed by atoms with E-state index in [1.807, 2.05) is 20.8 Å². The molecule has 1 N–H and O–H groups in total. The van der Waals surface area contributed by atoms with Gasteiger partial charge in [0.15, 0.2) is 11.6 Å². The molecule has 24 heavy (non-hydrogen) atoms. The Bertz CT molecular complexity index is 802. The molecule has 0 aliphatic carbocycles. The van der Waals surface area contributed by atoms with E-state index < -0.39 is 33.7 Å². The molecule has 2 rings (SSSR count). The molecule has 0 atom stereocenters. The van der Waals surface area contributed by atoms with Gasteiger partial charge in [0.25, 0.3) is 11.6 Å². The van der Waals surface area contributed by atoms with Crippen molar-refractivity contribution in [2.45, 2.75) is 26.2 Å². The van der Waals surface area contributed by atoms with Crippen molar-refractivity contribution in [3.63, 3.8) is 0 Å². The number of hydrogen-bond donors (Lipinski definition) is 1. The van der Waals surface area contributed by atoms with Crippen LogP contribution >= 0.6 is 0 Å². The van der Waals surface area contributed by atoms with Crippen LogP contribution in [0.15, 0.2) is 24.5 Å². The largest absolute Gasteiger partial charge is 0.319 e. The third kappa shape index (κ3) is 3.67. The van der Waals surface area contributed by atoms with Crippen molar-refractivity contribution in [2.24, 2.45) is 0 Å². The molecule has 0 fully saturated rings. The molecule has 0 aliphatic rings. The lowest BCUT2D eigenvalue weighted by molar-refractivity contribution is -0.385. The van der Waals surface area contributed by atoms with Crippen LogP contribution in [0.2, 0.25) is 0 Å². The maximum absolute atomic E-state index is 13.3. The molecule has 1 aromatic heterocycles. The van der Waals surface area contributed by atoms with Gasteiger partial charge in [0, 0.05) is 5.41 Å². The number of carbonyl (C=O) groups is 1. The smallest absolute Gasteiger partial charge is 0.285 e. The number of carbonyl (C=O) groups excluding carboxylic acids is 1. The molecule has 126 valence electrons. The summed E-state index contributed by atoms with van der Waals surface area (Å²) in [6, 6.07) is 0.844. The van der Waals surface area contributed by atoms with Crippen molar-refractivity contribution in [1.82, 2.24) is 9.97 Å². The van der Waals surface area contributed by atoms with E-state index in [1.165, 1.54) is 12.4 Å². The zero-order valence-electron chi connectivity index (χ0n) is 13.1. The molecular formula is C15H14F2N4O3. The number of nitro groups is 1. The maximum Gasteiger partial charge on any atom is 0.285 e. The van der Waals surface area contributed by atoms with E-state index in [0.29, 0.717) is 18.0 Å². The highest BCUT2D eigenvalue weighted by molar-refractivity contribution is 6.06. The van der Waals surface area contributed by atoms with Gasteiger partial charge in [-0.2, -0.15) is 0 Å². The first-order valence-corrected chi connectivity index (χ1v) is 6.87. The van der Waals surface area contributed by atoms with Gasteiger partial charge in [0.05, 0.1) is 29.1 Å². The molecular weight excluding hydrogens is 322 g/mol. The summed E-state index contributed by atoms with van der Waals surface area (Å²) < 4.78 is 26.4. The Hall–Kier alpha value is -2.97. The number of anilines is 1. The average Bonchev–Trinajstić information content (AvgIpc) is 2.48. The first-order valence-electron chi connectivity index (χ1n) is 6.87. The van der Waals surface area contributed by atoms with Crippen LogP contribution < -0.4 is 5.32 Å². The van der Waals surface area contributed by atoms with Gasteiger partial charge >= 0.3 is 0 Å². The van der Waals surface area contributed by atoms with Crippen LogP contribution in [0, 0.1) is 21.7 Å². The van der Waals surface area contributed by atoms with Crippen LogP contribution in [0.5, 0.6) is 0 Å². The van der Waals surface area contributed by atoms with Crippen molar-refractivity contribution in [1.29, 1.82) is 0 Å². The summed E-state index contributed by atoms with van der Waals surface area (Å²) in [5.41, 5.74) is -1.55. The second-order valence-corrected chi connectivity index (χ2v) is 6.04. The Kier molecular flexibility index (Phi) is 4.54. The number of hydrogen-bond acceptors (Lipinski definition) is 5. The molecule has 1 heterocycles. The predicted octanol–water partition coefficient (Wildman–Crippen LogP) is 3.21. The van der Waals surface area contributed by atoms with Gasteiger partial charge in [0.1, 0.15) is 11.4 Å². The lowest BCUT2D eigenvalue weighted by Crippen LogP contribution is -2.18. The summed E-state index contributed by atoms with van der Waals surface area (Å²) in [6.45, 7) is 5.72. The molecule has 1 amide bonds. The summed E-state index contributed by atoms with van der Waals surface area (Å²) in [5.74, 6) is -3.19. The van der Waals surface area contributed by atoms with Crippen LogP contribution in [0.3, 0.4) is 0 Å². The Morgan fingerprint density at radius 2 is 1.71 bits per heavy atom.